The molecule has 0 atom stereocenters. The Bertz CT molecular complexity index is 459. The van der Waals surface area contributed by atoms with Gasteiger partial charge in [-0.05, 0) is 23.7 Å². The van der Waals surface area contributed by atoms with Crippen molar-refractivity contribution in [3.05, 3.63) is 23.6 Å². The number of alkyl halides is 2. The number of pyridine rings is 1. The van der Waals surface area contributed by atoms with Crippen molar-refractivity contribution in [2.75, 3.05) is 0 Å². The summed E-state index contributed by atoms with van der Waals surface area (Å²) in [5.41, 5.74) is 0.469. The molecule has 0 bridgehead atoms. The predicted molar refractivity (Wildman–Crippen MR) is 44.6 cm³/mol. The second-order valence-electron chi connectivity index (χ2n) is 2.43. The molecule has 0 fully saturated rings. The van der Waals surface area contributed by atoms with Gasteiger partial charge in [0.15, 0.2) is 5.65 Å². The zero-order valence-electron chi connectivity index (χ0n) is 6.69. The predicted octanol–water partition coefficient (Wildman–Crippen LogP) is 1.98. The molecule has 0 saturated carbocycles. The first-order chi connectivity index (χ1) is 6.65. The fraction of sp³-hybridized carbons (Fsp3) is 0.143. The van der Waals surface area contributed by atoms with E-state index >= 15 is 0 Å². The van der Waals surface area contributed by atoms with Crippen LogP contribution in [0.15, 0.2) is 18.3 Å². The number of aromatic nitrogens is 3. The molecule has 14 heavy (non-hydrogen) atoms. The third-order valence-electron chi connectivity index (χ3n) is 1.50. The van der Waals surface area contributed by atoms with Crippen molar-refractivity contribution >= 4 is 17.2 Å². The highest BCUT2D eigenvalue weighted by Crippen LogP contribution is 2.15. The third kappa shape index (κ3) is 1.74. The molecule has 2 aromatic rings. The molecule has 0 aliphatic carbocycles. The summed E-state index contributed by atoms with van der Waals surface area (Å²) < 4.78 is 29.1. The fourth-order valence-electron chi connectivity index (χ4n) is 1.01. The van der Waals surface area contributed by atoms with Crippen LogP contribution in [0.25, 0.3) is 5.65 Å². The van der Waals surface area contributed by atoms with Crippen molar-refractivity contribution in [3.8, 4) is 5.75 Å². The Balaban J connectivity index is 2.40. The second kappa shape index (κ2) is 3.38. The van der Waals surface area contributed by atoms with Crippen LogP contribution in [0.4, 0.5) is 8.78 Å². The van der Waals surface area contributed by atoms with Crippen molar-refractivity contribution in [1.29, 1.82) is 0 Å². The lowest BCUT2D eigenvalue weighted by Crippen LogP contribution is -2.02. The lowest BCUT2D eigenvalue weighted by molar-refractivity contribution is -0.0501. The quantitative estimate of drug-likeness (QED) is 0.775. The third-order valence-corrected chi connectivity index (χ3v) is 1.66. The van der Waals surface area contributed by atoms with Crippen LogP contribution in [0.5, 0.6) is 5.75 Å². The minimum absolute atomic E-state index is 0.00840. The van der Waals surface area contributed by atoms with Crippen LogP contribution in [0.2, 0.25) is 5.28 Å². The van der Waals surface area contributed by atoms with E-state index in [1.165, 1.54) is 22.8 Å². The van der Waals surface area contributed by atoms with Crippen molar-refractivity contribution in [2.24, 2.45) is 0 Å². The van der Waals surface area contributed by atoms with Crippen molar-refractivity contribution in [3.63, 3.8) is 0 Å². The molecule has 7 heteroatoms. The normalized spacial score (nSPS) is 11.1. The number of nitrogens with zero attached hydrogens (tertiary/aromatic N) is 3. The highest BCUT2D eigenvalue weighted by atomic mass is 35.5. The number of fused-ring (bicyclic) bond motifs is 1. The maximum Gasteiger partial charge on any atom is 0.387 e. The largest absolute Gasteiger partial charge is 0.433 e. The lowest BCUT2D eigenvalue weighted by Gasteiger charge is -2.02. The molecular weight excluding hydrogens is 216 g/mol. The van der Waals surface area contributed by atoms with Gasteiger partial charge in [0.05, 0.1) is 6.20 Å². The number of hydrogen-bond acceptors (Lipinski definition) is 3. The van der Waals surface area contributed by atoms with E-state index in [1.54, 1.807) is 0 Å². The Hall–Kier alpha value is -1.43. The van der Waals surface area contributed by atoms with Gasteiger partial charge in [-0.25, -0.2) is 4.52 Å². The van der Waals surface area contributed by atoms with Crippen LogP contribution in [-0.4, -0.2) is 21.2 Å². The van der Waals surface area contributed by atoms with Crippen LogP contribution >= 0.6 is 11.6 Å². The van der Waals surface area contributed by atoms with Crippen LogP contribution in [0, 0.1) is 0 Å². The Morgan fingerprint density at radius 2 is 2.21 bits per heavy atom. The molecule has 0 radical (unpaired) electrons. The van der Waals surface area contributed by atoms with Gasteiger partial charge in [-0.2, -0.15) is 13.8 Å². The SMILES string of the molecule is FC(F)Oc1ccc2nc(Cl)nn2c1. The summed E-state index contributed by atoms with van der Waals surface area (Å²) >= 11 is 5.51. The molecule has 74 valence electrons. The van der Waals surface area contributed by atoms with Gasteiger partial charge in [0, 0.05) is 0 Å². The van der Waals surface area contributed by atoms with Crippen molar-refractivity contribution in [2.45, 2.75) is 6.61 Å². The van der Waals surface area contributed by atoms with Gasteiger partial charge in [-0.1, -0.05) is 0 Å². The van der Waals surface area contributed by atoms with Gasteiger partial charge >= 0.3 is 6.61 Å². The summed E-state index contributed by atoms with van der Waals surface area (Å²) in [5, 5.41) is 3.78. The van der Waals surface area contributed by atoms with E-state index in [4.69, 9.17) is 11.6 Å². The van der Waals surface area contributed by atoms with Crippen LogP contribution in [-0.2, 0) is 0 Å². The Labute approximate surface area is 82.1 Å². The van der Waals surface area contributed by atoms with E-state index in [1.807, 2.05) is 0 Å². The highest BCUT2D eigenvalue weighted by Gasteiger charge is 2.06. The Kier molecular flexibility index (Phi) is 2.20. The maximum atomic E-state index is 11.8. The second-order valence-corrected chi connectivity index (χ2v) is 2.76. The zero-order valence-corrected chi connectivity index (χ0v) is 7.45. The molecule has 0 saturated heterocycles. The first kappa shape index (κ1) is 9.14. The molecule has 0 aromatic carbocycles. The molecule has 0 unspecified atom stereocenters. The molecular formula is C7H4ClF2N3O. The van der Waals surface area contributed by atoms with E-state index < -0.39 is 6.61 Å². The van der Waals surface area contributed by atoms with Gasteiger partial charge in [-0.3, -0.25) is 0 Å². The van der Waals surface area contributed by atoms with Gasteiger partial charge in [-0.15, -0.1) is 5.10 Å². The van der Waals surface area contributed by atoms with Gasteiger partial charge in [0.2, 0.25) is 5.28 Å². The van der Waals surface area contributed by atoms with Gasteiger partial charge in [0.1, 0.15) is 5.75 Å². The Morgan fingerprint density at radius 3 is 2.93 bits per heavy atom. The number of hydrogen-bond donors (Lipinski definition) is 0. The summed E-state index contributed by atoms with van der Waals surface area (Å²) in [5.74, 6) is 0.00840. The summed E-state index contributed by atoms with van der Waals surface area (Å²) in [6, 6.07) is 2.85. The number of ether oxygens (including phenoxy) is 1. The Morgan fingerprint density at radius 1 is 1.43 bits per heavy atom. The first-order valence-electron chi connectivity index (χ1n) is 3.62. The van der Waals surface area contributed by atoms with E-state index in [9.17, 15) is 8.78 Å². The standard InChI is InChI=1S/C7H4ClF2N3O/c8-6-11-5-2-1-4(14-7(9)10)3-13(5)12-6/h1-3,7H. The van der Waals surface area contributed by atoms with E-state index in [0.717, 1.165) is 0 Å². The van der Waals surface area contributed by atoms with E-state index in [-0.39, 0.29) is 11.0 Å². The van der Waals surface area contributed by atoms with Crippen molar-refractivity contribution < 1.29 is 13.5 Å². The first-order valence-corrected chi connectivity index (χ1v) is 4.00. The molecule has 0 spiro atoms. The van der Waals surface area contributed by atoms with Crippen LogP contribution in [0.1, 0.15) is 0 Å². The average Bonchev–Trinajstić information content (AvgIpc) is 2.42. The maximum absolute atomic E-state index is 11.8. The molecule has 0 aliphatic rings. The smallest absolute Gasteiger partial charge is 0.387 e. The summed E-state index contributed by atoms with van der Waals surface area (Å²) in [4.78, 5) is 3.81. The summed E-state index contributed by atoms with van der Waals surface area (Å²) in [7, 11) is 0. The molecule has 4 nitrogen and oxygen atoms in total. The molecule has 2 aromatic heterocycles. The molecule has 0 aliphatic heterocycles. The van der Waals surface area contributed by atoms with E-state index in [2.05, 4.69) is 14.8 Å². The monoisotopic (exact) mass is 219 g/mol. The van der Waals surface area contributed by atoms with Crippen LogP contribution < -0.4 is 4.74 Å². The lowest BCUT2D eigenvalue weighted by atomic mass is 10.4. The van der Waals surface area contributed by atoms with Gasteiger partial charge in [0.25, 0.3) is 0 Å². The molecule has 0 N–H and O–H groups in total. The van der Waals surface area contributed by atoms with Gasteiger partial charge < -0.3 is 4.74 Å². The topological polar surface area (TPSA) is 39.4 Å². The van der Waals surface area contributed by atoms with Crippen LogP contribution in [0.3, 0.4) is 0 Å². The molecule has 0 amide bonds. The van der Waals surface area contributed by atoms with E-state index in [0.29, 0.717) is 5.65 Å². The zero-order chi connectivity index (χ0) is 10.1. The fourth-order valence-corrected chi connectivity index (χ4v) is 1.18. The average molecular weight is 220 g/mol. The molecule has 2 rings (SSSR count). The summed E-state index contributed by atoms with van der Waals surface area (Å²) in [6.45, 7) is -2.86. The highest BCUT2D eigenvalue weighted by molar-refractivity contribution is 6.28. The van der Waals surface area contributed by atoms with Crippen molar-refractivity contribution in [1.82, 2.24) is 14.6 Å². The summed E-state index contributed by atoms with van der Waals surface area (Å²) in [6.07, 6.45) is 1.28. The number of rotatable bonds is 2. The minimum atomic E-state index is -2.86. The minimum Gasteiger partial charge on any atom is -0.433 e. The number of halogens is 3. The molecule has 2 heterocycles.